The lowest BCUT2D eigenvalue weighted by Crippen LogP contribution is -2.19. The second-order valence-corrected chi connectivity index (χ2v) is 5.67. The van der Waals surface area contributed by atoms with Crippen molar-refractivity contribution in [3.8, 4) is 5.75 Å². The van der Waals surface area contributed by atoms with Gasteiger partial charge in [0.1, 0.15) is 23.9 Å². The van der Waals surface area contributed by atoms with Crippen molar-refractivity contribution in [1.82, 2.24) is 5.32 Å². The highest BCUT2D eigenvalue weighted by Gasteiger charge is 2.08. The first kappa shape index (κ1) is 15.9. The van der Waals surface area contributed by atoms with Crippen LogP contribution >= 0.6 is 11.6 Å². The van der Waals surface area contributed by atoms with Crippen LogP contribution in [0.25, 0.3) is 0 Å². The quantitative estimate of drug-likeness (QED) is 0.823. The molecule has 114 valence electrons. The zero-order valence-corrected chi connectivity index (χ0v) is 12.9. The molecule has 3 nitrogen and oxygen atoms in total. The predicted molar refractivity (Wildman–Crippen MR) is 81.0 cm³/mol. The predicted octanol–water partition coefficient (Wildman–Crippen LogP) is 4.40. The number of halogens is 2. The lowest BCUT2D eigenvalue weighted by Gasteiger charge is -2.09. The molecule has 0 aliphatic heterocycles. The van der Waals surface area contributed by atoms with E-state index in [1.165, 1.54) is 12.1 Å². The fourth-order valence-electron chi connectivity index (χ4n) is 1.85. The van der Waals surface area contributed by atoms with E-state index in [-0.39, 0.29) is 5.02 Å². The van der Waals surface area contributed by atoms with E-state index in [9.17, 15) is 4.39 Å². The molecule has 0 saturated heterocycles. The summed E-state index contributed by atoms with van der Waals surface area (Å²) in [6.07, 6.45) is 1.64. The molecule has 1 aromatic carbocycles. The summed E-state index contributed by atoms with van der Waals surface area (Å²) in [6, 6.07) is 6.18. The second-order valence-electron chi connectivity index (χ2n) is 5.26. The monoisotopic (exact) mass is 311 g/mol. The van der Waals surface area contributed by atoms with Gasteiger partial charge in [0, 0.05) is 11.6 Å². The number of nitrogens with one attached hydrogen (secondary N) is 1. The van der Waals surface area contributed by atoms with E-state index >= 15 is 0 Å². The first-order valence-electron chi connectivity index (χ1n) is 6.90. The molecule has 1 heterocycles. The van der Waals surface area contributed by atoms with Gasteiger partial charge in [-0.25, -0.2) is 4.39 Å². The molecule has 2 rings (SSSR count). The van der Waals surface area contributed by atoms with Gasteiger partial charge in [0.25, 0.3) is 0 Å². The first-order valence-corrected chi connectivity index (χ1v) is 7.28. The van der Waals surface area contributed by atoms with E-state index < -0.39 is 5.82 Å². The van der Waals surface area contributed by atoms with Gasteiger partial charge in [-0.3, -0.25) is 0 Å². The van der Waals surface area contributed by atoms with Crippen LogP contribution in [0.3, 0.4) is 0 Å². The first-order chi connectivity index (χ1) is 10.1. The summed E-state index contributed by atoms with van der Waals surface area (Å²) in [5.74, 6) is 1.51. The third-order valence-corrected chi connectivity index (χ3v) is 3.25. The number of benzene rings is 1. The smallest absolute Gasteiger partial charge is 0.142 e. The summed E-state index contributed by atoms with van der Waals surface area (Å²) < 4.78 is 24.1. The Morgan fingerprint density at radius 2 is 2.14 bits per heavy atom. The van der Waals surface area contributed by atoms with E-state index in [4.69, 9.17) is 20.8 Å². The molecule has 0 spiro atoms. The molecule has 1 N–H and O–H groups in total. The molecule has 1 aromatic heterocycles. The fraction of sp³-hybridized carbons (Fsp3) is 0.375. The zero-order valence-electron chi connectivity index (χ0n) is 12.2. The molecular weight excluding hydrogens is 293 g/mol. The van der Waals surface area contributed by atoms with Crippen LogP contribution in [0.5, 0.6) is 5.75 Å². The minimum absolute atomic E-state index is 0.0542. The maximum absolute atomic E-state index is 13.1. The van der Waals surface area contributed by atoms with Gasteiger partial charge in [0.15, 0.2) is 0 Å². The Labute approximate surface area is 129 Å². The summed E-state index contributed by atoms with van der Waals surface area (Å²) in [5.41, 5.74) is 0.965. The average molecular weight is 312 g/mol. The topological polar surface area (TPSA) is 34.4 Å². The Bertz CT molecular complexity index is 583. The number of hydrogen-bond acceptors (Lipinski definition) is 3. The van der Waals surface area contributed by atoms with Crippen LogP contribution in [0.15, 0.2) is 34.9 Å². The third kappa shape index (κ3) is 4.76. The second kappa shape index (κ2) is 7.48. The lowest BCUT2D eigenvalue weighted by atomic mass is 10.2. The largest absolute Gasteiger partial charge is 0.489 e. The van der Waals surface area contributed by atoms with Crippen LogP contribution in [0.1, 0.15) is 25.2 Å². The van der Waals surface area contributed by atoms with Crippen LogP contribution in [-0.2, 0) is 13.2 Å². The number of hydrogen-bond donors (Lipinski definition) is 1. The molecular formula is C16H19ClFNO2. The molecule has 0 fully saturated rings. The van der Waals surface area contributed by atoms with Gasteiger partial charge in [-0.05, 0) is 30.7 Å². The highest BCUT2D eigenvalue weighted by atomic mass is 35.5. The molecule has 2 aromatic rings. The molecule has 21 heavy (non-hydrogen) atoms. The van der Waals surface area contributed by atoms with Gasteiger partial charge in [-0.1, -0.05) is 25.4 Å². The van der Waals surface area contributed by atoms with Crippen molar-refractivity contribution in [2.24, 2.45) is 5.92 Å². The Morgan fingerprint density at radius 1 is 1.33 bits per heavy atom. The Kier molecular flexibility index (Phi) is 5.65. The van der Waals surface area contributed by atoms with E-state index in [1.54, 1.807) is 12.3 Å². The molecule has 0 atom stereocenters. The minimum Gasteiger partial charge on any atom is -0.489 e. The lowest BCUT2D eigenvalue weighted by molar-refractivity contribution is 0.300. The van der Waals surface area contributed by atoms with Crippen molar-refractivity contribution in [3.05, 3.63) is 52.7 Å². The van der Waals surface area contributed by atoms with Crippen molar-refractivity contribution < 1.29 is 13.5 Å². The van der Waals surface area contributed by atoms with E-state index in [0.29, 0.717) is 24.8 Å². The van der Waals surface area contributed by atoms with Crippen LogP contribution in [-0.4, -0.2) is 6.54 Å². The SMILES string of the molecule is CC(C)CNCc1occc1COc1ccc(F)c(Cl)c1. The molecule has 0 amide bonds. The van der Waals surface area contributed by atoms with Gasteiger partial charge in [-0.15, -0.1) is 0 Å². The molecule has 0 aliphatic rings. The molecule has 0 saturated carbocycles. The van der Waals surface area contributed by atoms with Crippen molar-refractivity contribution in [3.63, 3.8) is 0 Å². The summed E-state index contributed by atoms with van der Waals surface area (Å²) in [6.45, 7) is 6.24. The Morgan fingerprint density at radius 3 is 2.86 bits per heavy atom. The third-order valence-electron chi connectivity index (χ3n) is 2.96. The van der Waals surface area contributed by atoms with E-state index in [1.807, 2.05) is 6.07 Å². The Hall–Kier alpha value is -1.52. The van der Waals surface area contributed by atoms with Gasteiger partial charge >= 0.3 is 0 Å². The summed E-state index contributed by atoms with van der Waals surface area (Å²) >= 11 is 5.72. The van der Waals surface area contributed by atoms with Crippen molar-refractivity contribution >= 4 is 11.6 Å². The average Bonchev–Trinajstić information content (AvgIpc) is 2.87. The maximum Gasteiger partial charge on any atom is 0.142 e. The highest BCUT2D eigenvalue weighted by molar-refractivity contribution is 6.30. The molecule has 0 aliphatic carbocycles. The van der Waals surface area contributed by atoms with Crippen molar-refractivity contribution in [1.29, 1.82) is 0 Å². The van der Waals surface area contributed by atoms with Crippen LogP contribution in [0.2, 0.25) is 5.02 Å². The maximum atomic E-state index is 13.1. The van der Waals surface area contributed by atoms with Gasteiger partial charge in [-0.2, -0.15) is 0 Å². The Balaban J connectivity index is 1.91. The van der Waals surface area contributed by atoms with Gasteiger partial charge in [0.2, 0.25) is 0 Å². The highest BCUT2D eigenvalue weighted by Crippen LogP contribution is 2.22. The molecule has 0 unspecified atom stereocenters. The van der Waals surface area contributed by atoms with Crippen LogP contribution < -0.4 is 10.1 Å². The summed E-state index contributed by atoms with van der Waals surface area (Å²) in [5, 5.41) is 3.38. The molecule has 5 heteroatoms. The van der Waals surface area contributed by atoms with Crippen LogP contribution in [0.4, 0.5) is 4.39 Å². The molecule has 0 radical (unpaired) electrons. The number of furan rings is 1. The van der Waals surface area contributed by atoms with Gasteiger partial charge in [0.05, 0.1) is 17.8 Å². The van der Waals surface area contributed by atoms with Crippen LogP contribution in [0, 0.1) is 11.7 Å². The number of rotatable bonds is 7. The van der Waals surface area contributed by atoms with Crippen molar-refractivity contribution in [2.75, 3.05) is 6.54 Å². The normalized spacial score (nSPS) is 11.1. The fourth-order valence-corrected chi connectivity index (χ4v) is 2.02. The van der Waals surface area contributed by atoms with E-state index in [2.05, 4.69) is 19.2 Å². The van der Waals surface area contributed by atoms with E-state index in [0.717, 1.165) is 17.9 Å². The standard InChI is InChI=1S/C16H19ClFNO2/c1-11(2)8-19-9-16-12(5-6-20-16)10-21-13-3-4-15(18)14(17)7-13/h3-7,11,19H,8-10H2,1-2H3. The zero-order chi connectivity index (χ0) is 15.2. The molecule has 0 bridgehead atoms. The summed E-state index contributed by atoms with van der Waals surface area (Å²) in [7, 11) is 0. The van der Waals surface area contributed by atoms with Crippen molar-refractivity contribution in [2.45, 2.75) is 27.0 Å². The van der Waals surface area contributed by atoms with Gasteiger partial charge < -0.3 is 14.5 Å². The number of ether oxygens (including phenoxy) is 1. The minimum atomic E-state index is -0.453. The summed E-state index contributed by atoms with van der Waals surface area (Å²) in [4.78, 5) is 0.